The zero-order valence-corrected chi connectivity index (χ0v) is 16.8. The Balaban J connectivity index is 1.48. The van der Waals surface area contributed by atoms with E-state index in [9.17, 15) is 14.4 Å². The van der Waals surface area contributed by atoms with E-state index in [1.54, 1.807) is 30.3 Å². The number of thiazole rings is 1. The number of hydrogen-bond acceptors (Lipinski definition) is 6. The van der Waals surface area contributed by atoms with Gasteiger partial charge in [0.1, 0.15) is 6.54 Å². The molecule has 0 radical (unpaired) electrons. The third kappa shape index (κ3) is 4.26. The molecular weight excluding hydrogens is 402 g/mol. The molecule has 0 aliphatic heterocycles. The van der Waals surface area contributed by atoms with Crippen molar-refractivity contribution in [2.45, 2.75) is 13.5 Å². The number of nitrogens with zero attached hydrogens (tertiary/aromatic N) is 3. The van der Waals surface area contributed by atoms with Crippen LogP contribution in [0.15, 0.2) is 64.9 Å². The summed E-state index contributed by atoms with van der Waals surface area (Å²) in [5.74, 6) is -0.488. The molecule has 0 saturated heterocycles. The molecule has 0 bridgehead atoms. The third-order valence-electron chi connectivity index (χ3n) is 4.31. The van der Waals surface area contributed by atoms with E-state index in [2.05, 4.69) is 20.6 Å². The second-order valence-electron chi connectivity index (χ2n) is 6.52. The number of rotatable bonds is 5. The van der Waals surface area contributed by atoms with Gasteiger partial charge in [0, 0.05) is 23.6 Å². The number of nitrogens with one attached hydrogen (secondary N) is 2. The van der Waals surface area contributed by atoms with Crippen LogP contribution in [-0.4, -0.2) is 26.3 Å². The number of fused-ring (bicyclic) bond motifs is 1. The van der Waals surface area contributed by atoms with Gasteiger partial charge in [0.05, 0.1) is 22.9 Å². The summed E-state index contributed by atoms with van der Waals surface area (Å²) >= 11 is 1.29. The number of anilines is 2. The van der Waals surface area contributed by atoms with Gasteiger partial charge in [-0.1, -0.05) is 24.3 Å². The zero-order valence-electron chi connectivity index (χ0n) is 16.0. The Bertz CT molecular complexity index is 1290. The van der Waals surface area contributed by atoms with Gasteiger partial charge in [-0.15, -0.1) is 11.3 Å². The van der Waals surface area contributed by atoms with Gasteiger partial charge in [0.15, 0.2) is 5.13 Å². The minimum Gasteiger partial charge on any atom is -0.326 e. The first-order valence-corrected chi connectivity index (χ1v) is 9.95. The van der Waals surface area contributed by atoms with Crippen molar-refractivity contribution in [3.05, 3.63) is 70.5 Å². The molecule has 0 atom stereocenters. The summed E-state index contributed by atoms with van der Waals surface area (Å²) in [5, 5.41) is 7.72. The van der Waals surface area contributed by atoms with Crippen LogP contribution in [0.3, 0.4) is 0 Å². The predicted molar refractivity (Wildman–Crippen MR) is 116 cm³/mol. The molecule has 30 heavy (non-hydrogen) atoms. The SMILES string of the molecule is CC(=O)Nc1ccc(-c2csc(NC(=O)Cn3c(=O)cnc4ccccc43)n2)cc1. The van der Waals surface area contributed by atoms with E-state index in [1.807, 2.05) is 23.6 Å². The summed E-state index contributed by atoms with van der Waals surface area (Å²) in [6.07, 6.45) is 1.21. The molecule has 0 saturated carbocycles. The standard InChI is InChI=1S/C21H17N5O3S/c1-13(27)23-15-8-6-14(7-9-15)17-12-30-21(24-17)25-19(28)11-26-18-5-3-2-4-16(18)22-10-20(26)29/h2-10,12H,11H2,1H3,(H,23,27)(H,24,25,28). The van der Waals surface area contributed by atoms with Crippen molar-refractivity contribution in [3.63, 3.8) is 0 Å². The normalized spacial score (nSPS) is 10.7. The molecule has 4 aromatic rings. The van der Waals surface area contributed by atoms with Crippen LogP contribution < -0.4 is 16.2 Å². The van der Waals surface area contributed by atoms with Gasteiger partial charge < -0.3 is 10.6 Å². The predicted octanol–water partition coefficient (Wildman–Crippen LogP) is 3.12. The Hall–Kier alpha value is -3.85. The van der Waals surface area contributed by atoms with Gasteiger partial charge in [-0.25, -0.2) is 9.97 Å². The second-order valence-corrected chi connectivity index (χ2v) is 7.37. The molecule has 2 amide bonds. The van der Waals surface area contributed by atoms with Crippen molar-refractivity contribution in [3.8, 4) is 11.3 Å². The molecule has 2 heterocycles. The van der Waals surface area contributed by atoms with E-state index in [4.69, 9.17) is 0 Å². The first-order chi connectivity index (χ1) is 14.5. The molecule has 0 aliphatic carbocycles. The molecule has 0 spiro atoms. The molecule has 2 aromatic carbocycles. The number of carbonyl (C=O) groups is 2. The van der Waals surface area contributed by atoms with Gasteiger partial charge in [0.2, 0.25) is 11.8 Å². The van der Waals surface area contributed by atoms with Crippen molar-refractivity contribution in [1.29, 1.82) is 0 Å². The minimum absolute atomic E-state index is 0.137. The summed E-state index contributed by atoms with van der Waals surface area (Å²) in [5.41, 5.74) is 3.16. The van der Waals surface area contributed by atoms with Crippen LogP contribution in [0, 0.1) is 0 Å². The third-order valence-corrected chi connectivity index (χ3v) is 5.06. The van der Waals surface area contributed by atoms with Crippen molar-refractivity contribution < 1.29 is 9.59 Å². The Morgan fingerprint density at radius 1 is 1.07 bits per heavy atom. The van der Waals surface area contributed by atoms with E-state index in [0.29, 0.717) is 27.5 Å². The first kappa shape index (κ1) is 19.5. The molecule has 9 heteroatoms. The summed E-state index contributed by atoms with van der Waals surface area (Å²) in [6.45, 7) is 1.31. The molecular formula is C21H17N5O3S. The van der Waals surface area contributed by atoms with E-state index in [-0.39, 0.29) is 23.9 Å². The average Bonchev–Trinajstić information content (AvgIpc) is 3.18. The topological polar surface area (TPSA) is 106 Å². The first-order valence-electron chi connectivity index (χ1n) is 9.07. The van der Waals surface area contributed by atoms with Crippen molar-refractivity contribution in [1.82, 2.24) is 14.5 Å². The lowest BCUT2D eigenvalue weighted by molar-refractivity contribution is -0.117. The van der Waals surface area contributed by atoms with Crippen LogP contribution in [0.25, 0.3) is 22.3 Å². The van der Waals surface area contributed by atoms with E-state index < -0.39 is 0 Å². The van der Waals surface area contributed by atoms with E-state index in [1.165, 1.54) is 29.0 Å². The Morgan fingerprint density at radius 3 is 2.60 bits per heavy atom. The van der Waals surface area contributed by atoms with Crippen LogP contribution in [0.4, 0.5) is 10.8 Å². The molecule has 0 fully saturated rings. The number of aromatic nitrogens is 3. The summed E-state index contributed by atoms with van der Waals surface area (Å²) in [4.78, 5) is 44.3. The highest BCUT2D eigenvalue weighted by Crippen LogP contribution is 2.26. The summed E-state index contributed by atoms with van der Waals surface area (Å²) in [6, 6.07) is 14.4. The maximum absolute atomic E-state index is 12.5. The maximum atomic E-state index is 12.5. The molecule has 0 aliphatic rings. The lowest BCUT2D eigenvalue weighted by Crippen LogP contribution is -2.27. The number of benzene rings is 2. The lowest BCUT2D eigenvalue weighted by Gasteiger charge is -2.08. The van der Waals surface area contributed by atoms with Crippen LogP contribution in [0.2, 0.25) is 0 Å². The average molecular weight is 419 g/mol. The number of amides is 2. The monoisotopic (exact) mass is 419 g/mol. The highest BCUT2D eigenvalue weighted by Gasteiger charge is 2.12. The molecule has 150 valence electrons. The Labute approximate surface area is 175 Å². The highest BCUT2D eigenvalue weighted by atomic mass is 32.1. The minimum atomic E-state index is -0.352. The highest BCUT2D eigenvalue weighted by molar-refractivity contribution is 7.14. The summed E-state index contributed by atoms with van der Waals surface area (Å²) in [7, 11) is 0. The number of para-hydroxylation sites is 2. The van der Waals surface area contributed by atoms with Crippen molar-refractivity contribution >= 4 is 45.0 Å². The van der Waals surface area contributed by atoms with E-state index in [0.717, 1.165) is 5.56 Å². The smallest absolute Gasteiger partial charge is 0.269 e. The molecule has 0 unspecified atom stereocenters. The van der Waals surface area contributed by atoms with Gasteiger partial charge in [-0.3, -0.25) is 19.0 Å². The van der Waals surface area contributed by atoms with Gasteiger partial charge >= 0.3 is 0 Å². The quantitative estimate of drug-likeness (QED) is 0.517. The Morgan fingerprint density at radius 2 is 1.83 bits per heavy atom. The Kier molecular flexibility index (Phi) is 5.36. The molecule has 2 aromatic heterocycles. The van der Waals surface area contributed by atoms with Crippen LogP contribution in [0.5, 0.6) is 0 Å². The fourth-order valence-corrected chi connectivity index (χ4v) is 3.71. The molecule has 2 N–H and O–H groups in total. The zero-order chi connectivity index (χ0) is 21.1. The van der Waals surface area contributed by atoms with Crippen LogP contribution in [0.1, 0.15) is 6.92 Å². The second kappa shape index (κ2) is 8.26. The lowest BCUT2D eigenvalue weighted by atomic mass is 10.1. The van der Waals surface area contributed by atoms with Crippen LogP contribution >= 0.6 is 11.3 Å². The maximum Gasteiger partial charge on any atom is 0.269 e. The van der Waals surface area contributed by atoms with Gasteiger partial charge in [-0.2, -0.15) is 0 Å². The van der Waals surface area contributed by atoms with Gasteiger partial charge in [0.25, 0.3) is 5.56 Å². The fourth-order valence-electron chi connectivity index (χ4n) is 2.97. The molecule has 4 rings (SSSR count). The largest absolute Gasteiger partial charge is 0.326 e. The summed E-state index contributed by atoms with van der Waals surface area (Å²) < 4.78 is 1.38. The van der Waals surface area contributed by atoms with Crippen LogP contribution in [-0.2, 0) is 16.1 Å². The van der Waals surface area contributed by atoms with Gasteiger partial charge in [-0.05, 0) is 24.3 Å². The van der Waals surface area contributed by atoms with Crippen molar-refractivity contribution in [2.24, 2.45) is 0 Å². The van der Waals surface area contributed by atoms with E-state index >= 15 is 0 Å². The number of hydrogen-bond donors (Lipinski definition) is 2. The fraction of sp³-hybridized carbons (Fsp3) is 0.0952. The number of carbonyl (C=O) groups excluding carboxylic acids is 2. The van der Waals surface area contributed by atoms with Crippen molar-refractivity contribution in [2.75, 3.05) is 10.6 Å². The molecule has 8 nitrogen and oxygen atoms in total.